The summed E-state index contributed by atoms with van der Waals surface area (Å²) in [6, 6.07) is 0. The maximum Gasteiger partial charge on any atom is 0.225 e. The van der Waals surface area contributed by atoms with Crippen molar-refractivity contribution in [3.8, 4) is 0 Å². The van der Waals surface area contributed by atoms with Crippen LogP contribution in [-0.2, 0) is 4.79 Å². The third-order valence-electron chi connectivity index (χ3n) is 3.16. The number of carbonyl (C=O) groups excluding carboxylic acids is 1. The molecule has 2 rings (SSSR count). The molecule has 2 heterocycles. The molecule has 0 aliphatic carbocycles. The highest BCUT2D eigenvalue weighted by molar-refractivity contribution is 5.77. The molecule has 0 spiro atoms. The molecule has 0 radical (unpaired) electrons. The summed E-state index contributed by atoms with van der Waals surface area (Å²) in [4.78, 5) is 13.6. The Kier molecular flexibility index (Phi) is 2.74. The fourth-order valence-corrected chi connectivity index (χ4v) is 2.24. The second-order valence-electron chi connectivity index (χ2n) is 4.42. The molecule has 80 valence electrons. The van der Waals surface area contributed by atoms with Crippen LogP contribution in [0.2, 0.25) is 0 Å². The van der Waals surface area contributed by atoms with Gasteiger partial charge in [-0.1, -0.05) is 0 Å². The number of carbonyl (C=O) groups is 1. The van der Waals surface area contributed by atoms with E-state index in [1.165, 1.54) is 0 Å². The third-order valence-corrected chi connectivity index (χ3v) is 3.16. The number of nitrogens with zero attached hydrogens (tertiary/aromatic N) is 1. The van der Waals surface area contributed by atoms with Crippen molar-refractivity contribution in [1.82, 2.24) is 10.2 Å². The summed E-state index contributed by atoms with van der Waals surface area (Å²) in [7, 11) is 0. The number of nitrogens with one attached hydrogen (secondary N) is 1. The van der Waals surface area contributed by atoms with E-state index >= 15 is 0 Å². The van der Waals surface area contributed by atoms with Gasteiger partial charge in [0.2, 0.25) is 5.91 Å². The highest BCUT2D eigenvalue weighted by Crippen LogP contribution is 2.21. The third kappa shape index (κ3) is 2.07. The first kappa shape index (κ1) is 9.93. The Balaban J connectivity index is 1.86. The fraction of sp³-hybridized carbons (Fsp3) is 0.900. The number of likely N-dealkylation sites (tertiary alicyclic amines) is 1. The van der Waals surface area contributed by atoms with Crippen LogP contribution >= 0.6 is 0 Å². The molecule has 1 atom stereocenters. The second kappa shape index (κ2) is 3.87. The predicted molar refractivity (Wildman–Crippen MR) is 52.9 cm³/mol. The lowest BCUT2D eigenvalue weighted by Gasteiger charge is -2.24. The van der Waals surface area contributed by atoms with Crippen LogP contribution in [0.1, 0.15) is 25.7 Å². The van der Waals surface area contributed by atoms with Crippen LogP contribution in [0.5, 0.6) is 0 Å². The maximum atomic E-state index is 11.7. The zero-order valence-electron chi connectivity index (χ0n) is 8.46. The molecule has 4 heteroatoms. The van der Waals surface area contributed by atoms with E-state index < -0.39 is 5.60 Å². The zero-order valence-corrected chi connectivity index (χ0v) is 8.46. The molecule has 2 aliphatic heterocycles. The van der Waals surface area contributed by atoms with Crippen molar-refractivity contribution >= 4 is 5.91 Å². The van der Waals surface area contributed by atoms with Gasteiger partial charge in [-0.3, -0.25) is 4.79 Å². The van der Waals surface area contributed by atoms with Crippen molar-refractivity contribution in [1.29, 1.82) is 0 Å². The molecule has 0 bridgehead atoms. The van der Waals surface area contributed by atoms with E-state index in [9.17, 15) is 9.90 Å². The summed E-state index contributed by atoms with van der Waals surface area (Å²) in [5.41, 5.74) is -0.778. The van der Waals surface area contributed by atoms with Gasteiger partial charge in [-0.15, -0.1) is 0 Å². The smallest absolute Gasteiger partial charge is 0.225 e. The van der Waals surface area contributed by atoms with Crippen molar-refractivity contribution in [3.63, 3.8) is 0 Å². The zero-order chi connectivity index (χ0) is 10.0. The number of aliphatic hydroxyl groups is 1. The van der Waals surface area contributed by atoms with Crippen LogP contribution in [-0.4, -0.2) is 47.7 Å². The van der Waals surface area contributed by atoms with Crippen molar-refractivity contribution in [2.75, 3.05) is 26.2 Å². The van der Waals surface area contributed by atoms with Gasteiger partial charge in [0.25, 0.3) is 0 Å². The minimum Gasteiger partial charge on any atom is -0.388 e. The number of β-amino-alcohol motifs (C(OH)–C–C–N with tert-alkyl or cyclic N) is 1. The highest BCUT2D eigenvalue weighted by atomic mass is 16.3. The highest BCUT2D eigenvalue weighted by Gasteiger charge is 2.35. The normalized spacial score (nSPS) is 32.5. The molecule has 2 saturated heterocycles. The lowest BCUT2D eigenvalue weighted by Crippen LogP contribution is -2.39. The van der Waals surface area contributed by atoms with E-state index in [-0.39, 0.29) is 5.91 Å². The fourth-order valence-electron chi connectivity index (χ4n) is 2.24. The van der Waals surface area contributed by atoms with E-state index in [0.29, 0.717) is 19.4 Å². The van der Waals surface area contributed by atoms with E-state index in [2.05, 4.69) is 5.32 Å². The van der Waals surface area contributed by atoms with Gasteiger partial charge in [0.05, 0.1) is 12.0 Å². The summed E-state index contributed by atoms with van der Waals surface area (Å²) in [6.07, 6.45) is 3.22. The Labute approximate surface area is 84.3 Å². The van der Waals surface area contributed by atoms with Gasteiger partial charge in [-0.25, -0.2) is 0 Å². The van der Waals surface area contributed by atoms with Crippen LogP contribution in [0, 0.1) is 0 Å². The first-order valence-corrected chi connectivity index (χ1v) is 5.41. The van der Waals surface area contributed by atoms with Gasteiger partial charge >= 0.3 is 0 Å². The topological polar surface area (TPSA) is 52.6 Å². The van der Waals surface area contributed by atoms with Crippen molar-refractivity contribution in [2.24, 2.45) is 0 Å². The molecule has 2 aliphatic rings. The molecule has 4 nitrogen and oxygen atoms in total. The van der Waals surface area contributed by atoms with Crippen LogP contribution in [0.3, 0.4) is 0 Å². The van der Waals surface area contributed by atoms with E-state index in [1.807, 2.05) is 4.90 Å². The van der Waals surface area contributed by atoms with Crippen molar-refractivity contribution in [3.05, 3.63) is 0 Å². The molecule has 0 aromatic heterocycles. The summed E-state index contributed by atoms with van der Waals surface area (Å²) in [5, 5.41) is 13.1. The number of rotatable bonds is 2. The largest absolute Gasteiger partial charge is 0.388 e. The molecule has 14 heavy (non-hydrogen) atoms. The standard InChI is InChI=1S/C10H18N2O2/c13-9(12-5-1-2-6-12)7-10(14)3-4-11-8-10/h11,14H,1-8H2/t10-/m1/s1. The van der Waals surface area contributed by atoms with Crippen LogP contribution in [0.25, 0.3) is 0 Å². The van der Waals surface area contributed by atoms with Crippen molar-refractivity contribution < 1.29 is 9.90 Å². The first-order valence-electron chi connectivity index (χ1n) is 5.41. The summed E-state index contributed by atoms with van der Waals surface area (Å²) >= 11 is 0. The average molecular weight is 198 g/mol. The second-order valence-corrected chi connectivity index (χ2v) is 4.42. The maximum absolute atomic E-state index is 11.7. The molecular weight excluding hydrogens is 180 g/mol. The minimum atomic E-state index is -0.778. The van der Waals surface area contributed by atoms with Gasteiger partial charge in [0, 0.05) is 19.6 Å². The molecule has 0 saturated carbocycles. The van der Waals surface area contributed by atoms with Gasteiger partial charge in [0.15, 0.2) is 0 Å². The molecule has 0 aromatic carbocycles. The monoisotopic (exact) mass is 198 g/mol. The summed E-state index contributed by atoms with van der Waals surface area (Å²) < 4.78 is 0. The van der Waals surface area contributed by atoms with E-state index in [1.54, 1.807) is 0 Å². The minimum absolute atomic E-state index is 0.119. The first-order chi connectivity index (χ1) is 6.70. The Bertz CT molecular complexity index is 218. The van der Waals surface area contributed by atoms with Crippen LogP contribution in [0.4, 0.5) is 0 Å². The molecular formula is C10H18N2O2. The van der Waals surface area contributed by atoms with Crippen LogP contribution in [0.15, 0.2) is 0 Å². The van der Waals surface area contributed by atoms with Gasteiger partial charge in [-0.05, 0) is 25.8 Å². The lowest BCUT2D eigenvalue weighted by molar-refractivity contribution is -0.134. The average Bonchev–Trinajstić information content (AvgIpc) is 2.74. The van der Waals surface area contributed by atoms with E-state index in [4.69, 9.17) is 0 Å². The predicted octanol–water partition coefficient (Wildman–Crippen LogP) is -0.277. The lowest BCUT2D eigenvalue weighted by atomic mass is 9.98. The van der Waals surface area contributed by atoms with E-state index in [0.717, 1.165) is 32.5 Å². The number of hydrogen-bond acceptors (Lipinski definition) is 3. The Hall–Kier alpha value is -0.610. The number of amides is 1. The van der Waals surface area contributed by atoms with Crippen LogP contribution < -0.4 is 5.32 Å². The Morgan fingerprint density at radius 1 is 1.43 bits per heavy atom. The molecule has 0 aromatic rings. The number of hydrogen-bond donors (Lipinski definition) is 2. The molecule has 2 fully saturated rings. The Morgan fingerprint density at radius 2 is 2.14 bits per heavy atom. The molecule has 2 N–H and O–H groups in total. The summed E-state index contributed by atoms with van der Waals surface area (Å²) in [5.74, 6) is 0.119. The Morgan fingerprint density at radius 3 is 2.71 bits per heavy atom. The molecule has 1 amide bonds. The van der Waals surface area contributed by atoms with Gasteiger partial charge < -0.3 is 15.3 Å². The quantitative estimate of drug-likeness (QED) is 0.642. The van der Waals surface area contributed by atoms with Gasteiger partial charge in [-0.2, -0.15) is 0 Å². The molecule has 0 unspecified atom stereocenters. The van der Waals surface area contributed by atoms with Gasteiger partial charge in [0.1, 0.15) is 0 Å². The van der Waals surface area contributed by atoms with Crippen molar-refractivity contribution in [2.45, 2.75) is 31.3 Å². The SMILES string of the molecule is O=C(C[C@]1(O)CCNC1)N1CCCC1. The summed E-state index contributed by atoms with van der Waals surface area (Å²) in [6.45, 7) is 3.14.